The highest BCUT2D eigenvalue weighted by Crippen LogP contribution is 2.22. The molecule has 0 radical (unpaired) electrons. The molecule has 0 bridgehead atoms. The van der Waals surface area contributed by atoms with E-state index in [4.69, 9.17) is 11.6 Å². The smallest absolute Gasteiger partial charge is 0.226 e. The van der Waals surface area contributed by atoms with Crippen molar-refractivity contribution >= 4 is 34.9 Å². The van der Waals surface area contributed by atoms with E-state index in [2.05, 4.69) is 20.5 Å². The average Bonchev–Trinajstić information content (AvgIpc) is 3.17. The lowest BCUT2D eigenvalue weighted by Crippen LogP contribution is -2.29. The number of pyridine rings is 1. The SMILES string of the molecule is CC(=O)NC(CC(=O)Nc1ccc(N2CCCC2)nc1)c1ccc(Cl)cc1. The van der Waals surface area contributed by atoms with Gasteiger partial charge in [-0.05, 0) is 42.7 Å². The summed E-state index contributed by atoms with van der Waals surface area (Å²) in [6.45, 7) is 3.48. The molecule has 1 fully saturated rings. The Morgan fingerprint density at radius 3 is 2.44 bits per heavy atom. The zero-order valence-electron chi connectivity index (χ0n) is 15.2. The molecule has 0 aliphatic carbocycles. The van der Waals surface area contributed by atoms with Gasteiger partial charge < -0.3 is 15.5 Å². The third-order valence-corrected chi connectivity index (χ3v) is 4.75. The van der Waals surface area contributed by atoms with Gasteiger partial charge in [0.05, 0.1) is 24.3 Å². The molecule has 1 aromatic heterocycles. The van der Waals surface area contributed by atoms with E-state index < -0.39 is 6.04 Å². The fraction of sp³-hybridized carbons (Fsp3) is 0.350. The molecule has 6 nitrogen and oxygen atoms in total. The van der Waals surface area contributed by atoms with Crippen LogP contribution >= 0.6 is 11.6 Å². The summed E-state index contributed by atoms with van der Waals surface area (Å²) in [5.74, 6) is 0.543. The van der Waals surface area contributed by atoms with E-state index in [0.29, 0.717) is 10.7 Å². The Kier molecular flexibility index (Phi) is 6.29. The molecule has 3 rings (SSSR count). The molecular formula is C20H23ClN4O2. The van der Waals surface area contributed by atoms with Crippen LogP contribution in [0.4, 0.5) is 11.5 Å². The second-order valence-electron chi connectivity index (χ2n) is 6.66. The van der Waals surface area contributed by atoms with Crippen molar-refractivity contribution < 1.29 is 9.59 Å². The number of benzene rings is 1. The number of anilines is 2. The van der Waals surface area contributed by atoms with Gasteiger partial charge in [0.2, 0.25) is 11.8 Å². The van der Waals surface area contributed by atoms with Gasteiger partial charge in [-0.3, -0.25) is 9.59 Å². The maximum absolute atomic E-state index is 12.5. The second-order valence-corrected chi connectivity index (χ2v) is 7.09. The van der Waals surface area contributed by atoms with E-state index in [1.807, 2.05) is 24.3 Å². The van der Waals surface area contributed by atoms with Crippen molar-refractivity contribution in [2.75, 3.05) is 23.3 Å². The van der Waals surface area contributed by atoms with Crippen LogP contribution in [0.15, 0.2) is 42.6 Å². The summed E-state index contributed by atoms with van der Waals surface area (Å²) < 4.78 is 0. The first-order chi connectivity index (χ1) is 13.0. The Labute approximate surface area is 163 Å². The first-order valence-electron chi connectivity index (χ1n) is 9.04. The molecule has 2 N–H and O–H groups in total. The molecule has 0 spiro atoms. The molecule has 2 aromatic rings. The summed E-state index contributed by atoms with van der Waals surface area (Å²) in [5, 5.41) is 6.27. The van der Waals surface area contributed by atoms with Crippen LogP contribution in [0.25, 0.3) is 0 Å². The van der Waals surface area contributed by atoms with Gasteiger partial charge in [-0.25, -0.2) is 4.98 Å². The van der Waals surface area contributed by atoms with Crippen LogP contribution in [0.5, 0.6) is 0 Å². The van der Waals surface area contributed by atoms with Crippen LogP contribution in [-0.4, -0.2) is 29.9 Å². The van der Waals surface area contributed by atoms with Gasteiger partial charge in [0.1, 0.15) is 5.82 Å². The Morgan fingerprint density at radius 1 is 1.15 bits per heavy atom. The third-order valence-electron chi connectivity index (χ3n) is 4.50. The topological polar surface area (TPSA) is 74.3 Å². The molecule has 1 aliphatic heterocycles. The van der Waals surface area contributed by atoms with Crippen LogP contribution in [0.3, 0.4) is 0 Å². The van der Waals surface area contributed by atoms with Gasteiger partial charge in [0, 0.05) is 25.0 Å². The number of amides is 2. The number of nitrogens with one attached hydrogen (secondary N) is 2. The molecule has 27 heavy (non-hydrogen) atoms. The zero-order chi connectivity index (χ0) is 19.2. The highest BCUT2D eigenvalue weighted by atomic mass is 35.5. The molecule has 2 amide bonds. The van der Waals surface area contributed by atoms with Gasteiger partial charge in [-0.1, -0.05) is 23.7 Å². The lowest BCUT2D eigenvalue weighted by molar-refractivity contribution is -0.120. The van der Waals surface area contributed by atoms with Crippen LogP contribution in [0.2, 0.25) is 5.02 Å². The molecular weight excluding hydrogens is 364 g/mol. The molecule has 1 aromatic carbocycles. The molecule has 1 atom stereocenters. The lowest BCUT2D eigenvalue weighted by atomic mass is 10.0. The van der Waals surface area contributed by atoms with Gasteiger partial charge in [-0.15, -0.1) is 0 Å². The molecule has 0 saturated carbocycles. The van der Waals surface area contributed by atoms with E-state index in [9.17, 15) is 9.59 Å². The number of nitrogens with zero attached hydrogens (tertiary/aromatic N) is 2. The maximum Gasteiger partial charge on any atom is 0.226 e. The average molecular weight is 387 g/mol. The number of carbonyl (C=O) groups is 2. The minimum atomic E-state index is -0.420. The summed E-state index contributed by atoms with van der Waals surface area (Å²) in [6.07, 6.45) is 4.17. The fourth-order valence-corrected chi connectivity index (χ4v) is 3.31. The van der Waals surface area contributed by atoms with E-state index in [1.165, 1.54) is 19.8 Å². The number of hydrogen-bond donors (Lipinski definition) is 2. The summed E-state index contributed by atoms with van der Waals surface area (Å²) >= 11 is 5.92. The van der Waals surface area contributed by atoms with Gasteiger partial charge in [0.15, 0.2) is 0 Å². The second kappa shape index (κ2) is 8.86. The minimum absolute atomic E-state index is 0.120. The highest BCUT2D eigenvalue weighted by Gasteiger charge is 2.18. The van der Waals surface area contributed by atoms with E-state index in [0.717, 1.165) is 24.5 Å². The summed E-state index contributed by atoms with van der Waals surface area (Å²) in [6, 6.07) is 10.5. The Morgan fingerprint density at radius 2 is 1.85 bits per heavy atom. The Bertz CT molecular complexity index is 787. The van der Waals surface area contributed by atoms with Crippen molar-refractivity contribution in [3.63, 3.8) is 0 Å². The Hall–Kier alpha value is -2.60. The van der Waals surface area contributed by atoms with E-state index in [1.54, 1.807) is 18.3 Å². The predicted octanol–water partition coefficient (Wildman–Crippen LogP) is 3.54. The maximum atomic E-state index is 12.5. The summed E-state index contributed by atoms with van der Waals surface area (Å²) in [4.78, 5) is 30.6. The minimum Gasteiger partial charge on any atom is -0.357 e. The third kappa shape index (κ3) is 5.44. The first-order valence-corrected chi connectivity index (χ1v) is 9.42. The molecule has 1 unspecified atom stereocenters. The molecule has 7 heteroatoms. The van der Waals surface area contributed by atoms with Crippen molar-refractivity contribution in [2.45, 2.75) is 32.2 Å². The highest BCUT2D eigenvalue weighted by molar-refractivity contribution is 6.30. The predicted molar refractivity (Wildman–Crippen MR) is 107 cm³/mol. The van der Waals surface area contributed by atoms with Gasteiger partial charge >= 0.3 is 0 Å². The van der Waals surface area contributed by atoms with Gasteiger partial charge in [-0.2, -0.15) is 0 Å². The molecule has 2 heterocycles. The van der Waals surface area contributed by atoms with Crippen molar-refractivity contribution in [1.82, 2.24) is 10.3 Å². The number of halogens is 1. The number of hydrogen-bond acceptors (Lipinski definition) is 4. The van der Waals surface area contributed by atoms with Crippen molar-refractivity contribution in [2.24, 2.45) is 0 Å². The number of aromatic nitrogens is 1. The Balaban J connectivity index is 1.63. The monoisotopic (exact) mass is 386 g/mol. The zero-order valence-corrected chi connectivity index (χ0v) is 16.0. The normalized spacial score (nSPS) is 14.7. The lowest BCUT2D eigenvalue weighted by Gasteiger charge is -2.19. The fourth-order valence-electron chi connectivity index (χ4n) is 3.18. The van der Waals surface area contributed by atoms with Gasteiger partial charge in [0.25, 0.3) is 0 Å². The standard InChI is InChI=1S/C20H23ClN4O2/c1-14(26)23-18(15-4-6-16(21)7-5-15)12-20(27)24-17-8-9-19(22-13-17)25-10-2-3-11-25/h4-9,13,18H,2-3,10-12H2,1H3,(H,23,26)(H,24,27). The van der Waals surface area contributed by atoms with Crippen LogP contribution < -0.4 is 15.5 Å². The van der Waals surface area contributed by atoms with E-state index in [-0.39, 0.29) is 18.2 Å². The van der Waals surface area contributed by atoms with Crippen molar-refractivity contribution in [3.8, 4) is 0 Å². The molecule has 1 aliphatic rings. The summed E-state index contributed by atoms with van der Waals surface area (Å²) in [5.41, 5.74) is 1.47. The quantitative estimate of drug-likeness (QED) is 0.796. The number of carbonyl (C=O) groups excluding carboxylic acids is 2. The molecule has 1 saturated heterocycles. The number of rotatable bonds is 6. The first kappa shape index (κ1) is 19.2. The summed E-state index contributed by atoms with van der Waals surface area (Å²) in [7, 11) is 0. The molecule has 142 valence electrons. The van der Waals surface area contributed by atoms with Crippen LogP contribution in [0.1, 0.15) is 37.8 Å². The van der Waals surface area contributed by atoms with Crippen LogP contribution in [-0.2, 0) is 9.59 Å². The van der Waals surface area contributed by atoms with Crippen molar-refractivity contribution in [3.05, 3.63) is 53.2 Å². The van der Waals surface area contributed by atoms with Crippen LogP contribution in [0, 0.1) is 0 Å². The largest absolute Gasteiger partial charge is 0.357 e. The van der Waals surface area contributed by atoms with Crippen molar-refractivity contribution in [1.29, 1.82) is 0 Å². The van der Waals surface area contributed by atoms with E-state index >= 15 is 0 Å².